The number of imidazole rings is 1. The highest BCUT2D eigenvalue weighted by Crippen LogP contribution is 2.29. The lowest BCUT2D eigenvalue weighted by Gasteiger charge is -2.30. The van der Waals surface area contributed by atoms with Gasteiger partial charge in [-0.2, -0.15) is 0 Å². The van der Waals surface area contributed by atoms with Crippen LogP contribution in [0.5, 0.6) is 5.75 Å². The monoisotopic (exact) mass is 378 g/mol. The molecule has 0 spiro atoms. The average molecular weight is 379 g/mol. The number of likely N-dealkylation sites (tertiary alicyclic amines) is 1. The number of nitrogen functional groups attached to an aromatic ring is 1. The molecule has 3 heterocycles. The summed E-state index contributed by atoms with van der Waals surface area (Å²) in [6.07, 6.45) is 4.74. The van der Waals surface area contributed by atoms with Gasteiger partial charge in [0.25, 0.3) is 0 Å². The maximum absolute atomic E-state index is 6.08. The first kappa shape index (κ1) is 18.8. The van der Waals surface area contributed by atoms with E-state index < -0.39 is 0 Å². The summed E-state index contributed by atoms with van der Waals surface area (Å²) in [5.41, 5.74) is 11.1. The Morgan fingerprint density at radius 1 is 1.18 bits per heavy atom. The van der Waals surface area contributed by atoms with Gasteiger partial charge >= 0.3 is 0 Å². The summed E-state index contributed by atoms with van der Waals surface area (Å²) in [5, 5.41) is 0. The molecule has 28 heavy (non-hydrogen) atoms. The molecule has 1 aliphatic rings. The van der Waals surface area contributed by atoms with Gasteiger partial charge in [-0.25, -0.2) is 4.98 Å². The third kappa shape index (κ3) is 3.99. The second-order valence-corrected chi connectivity index (χ2v) is 8.27. The molecule has 1 fully saturated rings. The number of ether oxygens (including phenoxy) is 1. The molecule has 3 aromatic rings. The fraction of sp³-hybridized carbons (Fsp3) is 0.435. The summed E-state index contributed by atoms with van der Waals surface area (Å²) in [7, 11) is 0. The Hall–Kier alpha value is -2.53. The number of hydrogen-bond donors (Lipinski definition) is 1. The standard InChI is InChI=1S/C23H30N4O/c1-16(2)28-20-9-6-18(7-10-20)23-21(15-26-12-4-5-17(3)13-26)27-14-19(24)8-11-22(27)25-23/h6-11,14,16-17H,4-5,12-13,15,24H2,1-3H3. The van der Waals surface area contributed by atoms with Crippen LogP contribution in [-0.2, 0) is 6.54 Å². The maximum atomic E-state index is 6.08. The van der Waals surface area contributed by atoms with Crippen molar-refractivity contribution in [1.82, 2.24) is 14.3 Å². The molecule has 1 unspecified atom stereocenters. The zero-order valence-electron chi connectivity index (χ0n) is 17.1. The lowest BCUT2D eigenvalue weighted by atomic mass is 10.00. The van der Waals surface area contributed by atoms with Crippen LogP contribution in [0.25, 0.3) is 16.9 Å². The van der Waals surface area contributed by atoms with Crippen LogP contribution in [0.3, 0.4) is 0 Å². The molecule has 4 rings (SSSR count). The molecule has 1 atom stereocenters. The van der Waals surface area contributed by atoms with E-state index in [1.165, 1.54) is 18.5 Å². The molecule has 2 N–H and O–H groups in total. The molecule has 148 valence electrons. The van der Waals surface area contributed by atoms with Crippen LogP contribution >= 0.6 is 0 Å². The van der Waals surface area contributed by atoms with Crippen LogP contribution in [-0.4, -0.2) is 33.5 Å². The molecule has 1 aromatic carbocycles. The Labute approximate surface area is 167 Å². The van der Waals surface area contributed by atoms with E-state index in [-0.39, 0.29) is 6.10 Å². The molecular formula is C23H30N4O. The van der Waals surface area contributed by atoms with Crippen molar-refractivity contribution in [2.45, 2.75) is 46.3 Å². The summed E-state index contributed by atoms with van der Waals surface area (Å²) in [5.74, 6) is 1.63. The number of fused-ring (bicyclic) bond motifs is 1. The number of rotatable bonds is 5. The van der Waals surface area contributed by atoms with E-state index in [1.54, 1.807) is 0 Å². The average Bonchev–Trinajstić information content (AvgIpc) is 3.00. The summed E-state index contributed by atoms with van der Waals surface area (Å²) in [6.45, 7) is 9.58. The van der Waals surface area contributed by atoms with Crippen LogP contribution in [0.2, 0.25) is 0 Å². The SMILES string of the molecule is CC1CCCN(Cc2c(-c3ccc(OC(C)C)cc3)nc3ccc(N)cn23)C1. The molecular weight excluding hydrogens is 348 g/mol. The highest BCUT2D eigenvalue weighted by atomic mass is 16.5. The van der Waals surface area contributed by atoms with E-state index in [0.717, 1.165) is 53.9 Å². The number of nitrogens with two attached hydrogens (primary N) is 1. The summed E-state index contributed by atoms with van der Waals surface area (Å²) < 4.78 is 7.95. The molecule has 2 aromatic heterocycles. The van der Waals surface area contributed by atoms with Gasteiger partial charge in [-0.15, -0.1) is 0 Å². The molecule has 1 saturated heterocycles. The van der Waals surface area contributed by atoms with Gasteiger partial charge < -0.3 is 14.9 Å². The van der Waals surface area contributed by atoms with Crippen molar-refractivity contribution in [2.75, 3.05) is 18.8 Å². The van der Waals surface area contributed by atoms with Gasteiger partial charge in [0.05, 0.1) is 17.5 Å². The number of pyridine rings is 1. The smallest absolute Gasteiger partial charge is 0.137 e. The minimum atomic E-state index is 0.167. The van der Waals surface area contributed by atoms with Crippen molar-refractivity contribution in [3.05, 3.63) is 48.3 Å². The quantitative estimate of drug-likeness (QED) is 0.705. The minimum Gasteiger partial charge on any atom is -0.491 e. The highest BCUT2D eigenvalue weighted by molar-refractivity contribution is 5.68. The molecule has 0 bridgehead atoms. The first-order valence-corrected chi connectivity index (χ1v) is 10.3. The number of anilines is 1. The van der Waals surface area contributed by atoms with Crippen LogP contribution in [0.1, 0.15) is 39.3 Å². The first-order chi connectivity index (χ1) is 13.5. The van der Waals surface area contributed by atoms with Gasteiger partial charge in [0.15, 0.2) is 0 Å². The Bertz CT molecular complexity index is 945. The summed E-state index contributed by atoms with van der Waals surface area (Å²) in [6, 6.07) is 12.2. The second-order valence-electron chi connectivity index (χ2n) is 8.27. The van der Waals surface area contributed by atoms with E-state index in [1.807, 2.05) is 44.3 Å². The predicted molar refractivity (Wildman–Crippen MR) is 114 cm³/mol. The van der Waals surface area contributed by atoms with Crippen LogP contribution in [0, 0.1) is 5.92 Å². The van der Waals surface area contributed by atoms with E-state index in [9.17, 15) is 0 Å². The Balaban J connectivity index is 1.72. The van der Waals surface area contributed by atoms with Crippen molar-refractivity contribution in [3.8, 4) is 17.0 Å². The van der Waals surface area contributed by atoms with Gasteiger partial charge in [0.2, 0.25) is 0 Å². The highest BCUT2D eigenvalue weighted by Gasteiger charge is 2.21. The van der Waals surface area contributed by atoms with Gasteiger partial charge in [-0.05, 0) is 75.5 Å². The fourth-order valence-electron chi connectivity index (χ4n) is 4.10. The molecule has 0 aliphatic carbocycles. The summed E-state index contributed by atoms with van der Waals surface area (Å²) in [4.78, 5) is 7.48. The van der Waals surface area contributed by atoms with E-state index in [4.69, 9.17) is 15.5 Å². The predicted octanol–water partition coefficient (Wildman–Crippen LogP) is 4.60. The maximum Gasteiger partial charge on any atom is 0.137 e. The molecule has 0 radical (unpaired) electrons. The molecule has 5 nitrogen and oxygen atoms in total. The van der Waals surface area contributed by atoms with E-state index in [0.29, 0.717) is 0 Å². The molecule has 0 saturated carbocycles. The Morgan fingerprint density at radius 3 is 2.68 bits per heavy atom. The van der Waals surface area contributed by atoms with Crippen LogP contribution < -0.4 is 10.5 Å². The zero-order valence-corrected chi connectivity index (χ0v) is 17.1. The van der Waals surface area contributed by atoms with E-state index in [2.05, 4.69) is 28.4 Å². The van der Waals surface area contributed by atoms with Crippen molar-refractivity contribution >= 4 is 11.3 Å². The number of nitrogens with zero attached hydrogens (tertiary/aromatic N) is 3. The van der Waals surface area contributed by atoms with E-state index >= 15 is 0 Å². The zero-order chi connectivity index (χ0) is 19.7. The van der Waals surface area contributed by atoms with Gasteiger partial charge in [0.1, 0.15) is 11.4 Å². The van der Waals surface area contributed by atoms with Crippen molar-refractivity contribution in [1.29, 1.82) is 0 Å². The van der Waals surface area contributed by atoms with Gasteiger partial charge in [-0.3, -0.25) is 4.90 Å². The first-order valence-electron chi connectivity index (χ1n) is 10.3. The molecule has 0 amide bonds. The number of benzene rings is 1. The minimum absolute atomic E-state index is 0.167. The van der Waals surface area contributed by atoms with Crippen molar-refractivity contribution < 1.29 is 4.74 Å². The van der Waals surface area contributed by atoms with Crippen LogP contribution in [0.15, 0.2) is 42.6 Å². The number of piperidine rings is 1. The lowest BCUT2D eigenvalue weighted by Crippen LogP contribution is -2.34. The number of aromatic nitrogens is 2. The lowest BCUT2D eigenvalue weighted by molar-refractivity contribution is 0.174. The summed E-state index contributed by atoms with van der Waals surface area (Å²) >= 11 is 0. The second kappa shape index (κ2) is 7.84. The van der Waals surface area contributed by atoms with Crippen LogP contribution in [0.4, 0.5) is 5.69 Å². The topological polar surface area (TPSA) is 55.8 Å². The van der Waals surface area contributed by atoms with Crippen molar-refractivity contribution in [2.24, 2.45) is 5.92 Å². The molecule has 5 heteroatoms. The third-order valence-corrected chi connectivity index (χ3v) is 5.35. The normalized spacial score (nSPS) is 18.1. The van der Waals surface area contributed by atoms with Gasteiger partial charge in [0, 0.05) is 30.5 Å². The number of hydrogen-bond acceptors (Lipinski definition) is 4. The third-order valence-electron chi connectivity index (χ3n) is 5.35. The largest absolute Gasteiger partial charge is 0.491 e. The molecule has 1 aliphatic heterocycles. The van der Waals surface area contributed by atoms with Crippen molar-refractivity contribution in [3.63, 3.8) is 0 Å². The Morgan fingerprint density at radius 2 is 1.96 bits per heavy atom. The van der Waals surface area contributed by atoms with Gasteiger partial charge in [-0.1, -0.05) is 6.92 Å². The fourth-order valence-corrected chi connectivity index (χ4v) is 4.10. The Kier molecular flexibility index (Phi) is 5.27.